The van der Waals surface area contributed by atoms with Crippen LogP contribution in [-0.4, -0.2) is 10.2 Å². The molecule has 16 heavy (non-hydrogen) atoms. The van der Waals surface area contributed by atoms with Gasteiger partial charge in [0.05, 0.1) is 11.4 Å². The second kappa shape index (κ2) is 2.61. The predicted octanol–water partition coefficient (Wildman–Crippen LogP) is 1.15. The Kier molecular flexibility index (Phi) is 1.45. The van der Waals surface area contributed by atoms with Gasteiger partial charge in [0.15, 0.2) is 0 Å². The number of rotatable bonds is 0. The molecular weight excluding hydrogens is 204 g/mol. The Labute approximate surface area is 90.4 Å². The summed E-state index contributed by atoms with van der Waals surface area (Å²) in [6.45, 7) is 0. The van der Waals surface area contributed by atoms with Gasteiger partial charge in [-0.2, -0.15) is 0 Å². The monoisotopic (exact) mass is 214 g/mol. The topological polar surface area (TPSA) is 92.5 Å². The smallest absolute Gasteiger partial charge is 0.139 e. The van der Waals surface area contributed by atoms with Gasteiger partial charge in [0.2, 0.25) is 0 Å². The Morgan fingerprint density at radius 3 is 2.31 bits per heavy atom. The second-order valence-electron chi connectivity index (χ2n) is 3.88. The average molecular weight is 214 g/mol. The summed E-state index contributed by atoms with van der Waals surface area (Å²) in [6, 6.07) is 6.63. The van der Waals surface area contributed by atoms with E-state index in [0.29, 0.717) is 11.4 Å². The van der Waals surface area contributed by atoms with E-state index >= 15 is 0 Å². The SMILES string of the molecule is Nc1cc2c(cc1O)=c1c(N)c(O)ccc1=2. The zero-order valence-corrected chi connectivity index (χ0v) is 8.36. The van der Waals surface area contributed by atoms with Gasteiger partial charge in [-0.3, -0.25) is 0 Å². The largest absolute Gasteiger partial charge is 0.506 e. The molecule has 2 aromatic carbocycles. The van der Waals surface area contributed by atoms with Crippen LogP contribution in [0.15, 0.2) is 24.3 Å². The van der Waals surface area contributed by atoms with Gasteiger partial charge in [0.25, 0.3) is 0 Å². The van der Waals surface area contributed by atoms with Crippen molar-refractivity contribution in [3.05, 3.63) is 45.1 Å². The minimum Gasteiger partial charge on any atom is -0.506 e. The van der Waals surface area contributed by atoms with Gasteiger partial charge in [0, 0.05) is 5.22 Å². The minimum absolute atomic E-state index is 0.0344. The Morgan fingerprint density at radius 2 is 1.56 bits per heavy atom. The normalized spacial score (nSPS) is 11.5. The fourth-order valence-corrected chi connectivity index (χ4v) is 2.10. The number of benzene rings is 2. The Hall–Kier alpha value is -2.36. The van der Waals surface area contributed by atoms with E-state index in [9.17, 15) is 10.2 Å². The van der Waals surface area contributed by atoms with Crippen molar-refractivity contribution in [1.29, 1.82) is 0 Å². The Bertz CT molecular complexity index is 797. The van der Waals surface area contributed by atoms with Crippen molar-refractivity contribution in [2.24, 2.45) is 0 Å². The summed E-state index contributed by atoms with van der Waals surface area (Å²) >= 11 is 0. The summed E-state index contributed by atoms with van der Waals surface area (Å²) < 4.78 is 0. The van der Waals surface area contributed by atoms with Crippen molar-refractivity contribution in [3.63, 3.8) is 0 Å². The quantitative estimate of drug-likeness (QED) is 0.333. The molecule has 0 amide bonds. The van der Waals surface area contributed by atoms with E-state index < -0.39 is 0 Å². The minimum atomic E-state index is 0.0344. The van der Waals surface area contributed by atoms with E-state index in [1.807, 2.05) is 0 Å². The first-order chi connectivity index (χ1) is 7.59. The van der Waals surface area contributed by atoms with Crippen LogP contribution in [0, 0.1) is 20.9 Å². The number of hydrogen-bond acceptors (Lipinski definition) is 4. The van der Waals surface area contributed by atoms with Crippen LogP contribution in [0.3, 0.4) is 0 Å². The van der Waals surface area contributed by atoms with Crippen molar-refractivity contribution in [3.8, 4) is 11.5 Å². The van der Waals surface area contributed by atoms with Crippen LogP contribution in [0.25, 0.3) is 0 Å². The van der Waals surface area contributed by atoms with E-state index in [4.69, 9.17) is 11.5 Å². The molecule has 0 unspecified atom stereocenters. The first-order valence-electron chi connectivity index (χ1n) is 4.84. The molecule has 1 aliphatic rings. The summed E-state index contributed by atoms with van der Waals surface area (Å²) in [5.41, 5.74) is 12.1. The number of aromatic hydroxyl groups is 2. The molecule has 2 aromatic rings. The molecule has 0 bridgehead atoms. The number of phenolic OH excluding ortho intramolecular Hbond substituents is 2. The highest BCUT2D eigenvalue weighted by Crippen LogP contribution is 2.30. The van der Waals surface area contributed by atoms with Gasteiger partial charge in [-0.15, -0.1) is 0 Å². The molecule has 4 nitrogen and oxygen atoms in total. The Morgan fingerprint density at radius 1 is 0.812 bits per heavy atom. The van der Waals surface area contributed by atoms with Gasteiger partial charge >= 0.3 is 0 Å². The molecular formula is C12H10N2O2. The number of nitrogens with two attached hydrogens (primary N) is 2. The molecule has 0 fully saturated rings. The molecule has 0 radical (unpaired) electrons. The molecule has 0 saturated carbocycles. The Balaban J connectivity index is 2.61. The van der Waals surface area contributed by atoms with Crippen LogP contribution in [0.4, 0.5) is 11.4 Å². The summed E-state index contributed by atoms with van der Waals surface area (Å²) in [4.78, 5) is 0. The second-order valence-corrected chi connectivity index (χ2v) is 3.88. The van der Waals surface area contributed by atoms with E-state index in [1.54, 1.807) is 24.3 Å². The van der Waals surface area contributed by atoms with Gasteiger partial charge in [-0.05, 0) is 39.9 Å². The van der Waals surface area contributed by atoms with Crippen LogP contribution in [0.1, 0.15) is 0 Å². The third kappa shape index (κ3) is 0.883. The first kappa shape index (κ1) is 8.91. The molecule has 0 saturated heterocycles. The summed E-state index contributed by atoms with van der Waals surface area (Å²) in [7, 11) is 0. The van der Waals surface area contributed by atoms with Crippen LogP contribution in [0.5, 0.6) is 11.5 Å². The molecule has 0 spiro atoms. The zero-order chi connectivity index (χ0) is 11.4. The van der Waals surface area contributed by atoms with E-state index in [1.165, 1.54) is 0 Å². The molecule has 6 N–H and O–H groups in total. The van der Waals surface area contributed by atoms with E-state index in [-0.39, 0.29) is 11.5 Å². The maximum absolute atomic E-state index is 9.52. The zero-order valence-electron chi connectivity index (χ0n) is 8.36. The van der Waals surface area contributed by atoms with Crippen molar-refractivity contribution < 1.29 is 10.2 Å². The van der Waals surface area contributed by atoms with E-state index in [0.717, 1.165) is 20.9 Å². The number of hydrogen-bond donors (Lipinski definition) is 4. The highest BCUT2D eigenvalue weighted by Gasteiger charge is 2.10. The highest BCUT2D eigenvalue weighted by atomic mass is 16.3. The fraction of sp³-hybridized carbons (Fsp3) is 0. The lowest BCUT2D eigenvalue weighted by atomic mass is 9.99. The third-order valence-corrected chi connectivity index (χ3v) is 2.95. The number of phenols is 2. The van der Waals surface area contributed by atoms with Crippen molar-refractivity contribution in [2.75, 3.05) is 11.5 Å². The molecule has 3 rings (SSSR count). The van der Waals surface area contributed by atoms with Gasteiger partial charge in [-0.25, -0.2) is 0 Å². The lowest BCUT2D eigenvalue weighted by Gasteiger charge is -2.10. The summed E-state index contributed by atoms with van der Waals surface area (Å²) in [5.74, 6) is 0.0906. The summed E-state index contributed by atoms with van der Waals surface area (Å²) in [5, 5.41) is 22.5. The molecule has 80 valence electrons. The highest BCUT2D eigenvalue weighted by molar-refractivity contribution is 5.60. The average Bonchev–Trinajstić information content (AvgIpc) is 2.25. The number of anilines is 2. The summed E-state index contributed by atoms with van der Waals surface area (Å²) in [6.07, 6.45) is 0. The molecule has 0 heterocycles. The molecule has 0 aromatic heterocycles. The first-order valence-corrected chi connectivity index (χ1v) is 4.84. The third-order valence-electron chi connectivity index (χ3n) is 2.95. The molecule has 4 heteroatoms. The van der Waals surface area contributed by atoms with Crippen molar-refractivity contribution in [1.82, 2.24) is 0 Å². The lowest BCUT2D eigenvalue weighted by Crippen LogP contribution is -1.99. The lowest BCUT2D eigenvalue weighted by molar-refractivity contribution is 0.475. The van der Waals surface area contributed by atoms with Crippen molar-refractivity contribution in [2.45, 2.75) is 0 Å². The van der Waals surface area contributed by atoms with Crippen LogP contribution in [-0.2, 0) is 0 Å². The maximum Gasteiger partial charge on any atom is 0.139 e. The van der Waals surface area contributed by atoms with E-state index in [2.05, 4.69) is 0 Å². The number of nitrogen functional groups attached to an aromatic ring is 2. The molecule has 0 atom stereocenters. The van der Waals surface area contributed by atoms with Crippen LogP contribution < -0.4 is 11.5 Å². The van der Waals surface area contributed by atoms with Crippen LogP contribution in [0.2, 0.25) is 0 Å². The van der Waals surface area contributed by atoms with Gasteiger partial charge in [0.1, 0.15) is 11.5 Å². The number of fused-ring (bicyclic) bond motifs is 2. The van der Waals surface area contributed by atoms with Crippen molar-refractivity contribution >= 4 is 11.4 Å². The molecule has 0 aliphatic heterocycles. The van der Waals surface area contributed by atoms with Gasteiger partial charge in [-0.1, -0.05) is 0 Å². The molecule has 1 aliphatic carbocycles. The van der Waals surface area contributed by atoms with Crippen LogP contribution >= 0.6 is 0 Å². The van der Waals surface area contributed by atoms with Gasteiger partial charge < -0.3 is 21.7 Å². The standard InChI is InChI=1S/C12H10N2O2/c13-8-3-6-5-1-2-9(15)12(14)11(5)7(6)4-10(8)16/h1-4,15-16H,13-14H2. The maximum atomic E-state index is 9.52. The predicted molar refractivity (Wildman–Crippen MR) is 60.4 cm³/mol. The fourth-order valence-electron chi connectivity index (χ4n) is 2.10.